The molecule has 0 spiro atoms. The maximum atomic E-state index is 12.9. The minimum atomic E-state index is -3.44. The van der Waals surface area contributed by atoms with E-state index in [0.717, 1.165) is 18.1 Å². The van der Waals surface area contributed by atoms with Crippen LogP contribution in [0.2, 0.25) is 0 Å². The maximum Gasteiger partial charge on any atom is 0.252 e. The summed E-state index contributed by atoms with van der Waals surface area (Å²) in [5.74, 6) is 0.202. The summed E-state index contributed by atoms with van der Waals surface area (Å²) in [7, 11) is -3.44. The lowest BCUT2D eigenvalue weighted by molar-refractivity contribution is -0.134. The van der Waals surface area contributed by atoms with Gasteiger partial charge in [-0.2, -0.15) is 4.31 Å². The van der Waals surface area contributed by atoms with Gasteiger partial charge in [0, 0.05) is 57.8 Å². The van der Waals surface area contributed by atoms with Crippen LogP contribution in [0.4, 0.5) is 5.00 Å². The van der Waals surface area contributed by atoms with Crippen molar-refractivity contribution in [1.29, 1.82) is 0 Å². The third-order valence-corrected chi connectivity index (χ3v) is 8.59. The Morgan fingerprint density at radius 2 is 1.88 bits per heavy atom. The minimum absolute atomic E-state index is 0.0149. The van der Waals surface area contributed by atoms with Gasteiger partial charge in [-0.1, -0.05) is 13.8 Å². The van der Waals surface area contributed by atoms with Gasteiger partial charge in [-0.15, -0.1) is 11.3 Å². The second kappa shape index (κ2) is 7.84. The van der Waals surface area contributed by atoms with Gasteiger partial charge in [-0.3, -0.25) is 4.79 Å². The molecule has 1 aromatic rings. The molecule has 0 aromatic carbocycles. The molecule has 1 atom stereocenters. The molecule has 3 heterocycles. The smallest absolute Gasteiger partial charge is 0.252 e. The van der Waals surface area contributed by atoms with Crippen molar-refractivity contribution in [3.8, 4) is 0 Å². The first-order chi connectivity index (χ1) is 12.3. The summed E-state index contributed by atoms with van der Waals surface area (Å²) in [6.45, 7) is 10.5. The highest BCUT2D eigenvalue weighted by atomic mass is 32.2. The van der Waals surface area contributed by atoms with Crippen LogP contribution in [0.1, 0.15) is 20.8 Å². The number of anilines is 1. The zero-order valence-electron chi connectivity index (χ0n) is 15.6. The van der Waals surface area contributed by atoms with Crippen LogP contribution >= 0.6 is 11.3 Å². The molecule has 0 radical (unpaired) electrons. The van der Waals surface area contributed by atoms with Crippen molar-refractivity contribution in [3.63, 3.8) is 0 Å². The van der Waals surface area contributed by atoms with Gasteiger partial charge in [0.25, 0.3) is 10.0 Å². The van der Waals surface area contributed by atoms with E-state index in [0.29, 0.717) is 36.9 Å². The first kappa shape index (κ1) is 19.6. The first-order valence-electron chi connectivity index (χ1n) is 9.17. The van der Waals surface area contributed by atoms with E-state index in [1.165, 1.54) is 11.3 Å². The maximum absolute atomic E-state index is 12.9. The Morgan fingerprint density at radius 3 is 2.50 bits per heavy atom. The molecule has 7 nitrogen and oxygen atoms in total. The molecular weight excluding hydrogens is 372 g/mol. The topological polar surface area (TPSA) is 73.0 Å². The van der Waals surface area contributed by atoms with Crippen LogP contribution in [0, 0.1) is 5.92 Å². The fourth-order valence-electron chi connectivity index (χ4n) is 3.43. The Bertz CT molecular complexity index is 739. The van der Waals surface area contributed by atoms with Crippen LogP contribution in [0.15, 0.2) is 16.3 Å². The normalized spacial score (nSPS) is 22.8. The molecule has 0 bridgehead atoms. The summed E-state index contributed by atoms with van der Waals surface area (Å²) in [4.78, 5) is 16.2. The summed E-state index contributed by atoms with van der Waals surface area (Å²) in [6.07, 6.45) is 0. The molecule has 0 saturated carbocycles. The summed E-state index contributed by atoms with van der Waals surface area (Å²) in [5, 5.41) is 4.18. The van der Waals surface area contributed by atoms with E-state index < -0.39 is 10.0 Å². The highest BCUT2D eigenvalue weighted by Crippen LogP contribution is 2.32. The number of rotatable bonds is 4. The number of carbonyl (C=O) groups is 1. The van der Waals surface area contributed by atoms with Gasteiger partial charge >= 0.3 is 0 Å². The van der Waals surface area contributed by atoms with E-state index in [1.807, 2.05) is 31.7 Å². The van der Waals surface area contributed by atoms with Gasteiger partial charge < -0.3 is 15.1 Å². The number of amides is 1. The Morgan fingerprint density at radius 1 is 1.19 bits per heavy atom. The Kier molecular flexibility index (Phi) is 5.91. The van der Waals surface area contributed by atoms with Crippen LogP contribution in [-0.4, -0.2) is 75.4 Å². The van der Waals surface area contributed by atoms with Crippen LogP contribution in [-0.2, 0) is 14.8 Å². The Balaban J connectivity index is 1.68. The lowest BCUT2D eigenvalue weighted by Crippen LogP contribution is -2.51. The van der Waals surface area contributed by atoms with E-state index in [-0.39, 0.29) is 17.9 Å². The number of thiophene rings is 1. The molecule has 0 aliphatic carbocycles. The van der Waals surface area contributed by atoms with E-state index in [4.69, 9.17) is 0 Å². The molecule has 1 aromatic heterocycles. The van der Waals surface area contributed by atoms with Crippen molar-refractivity contribution in [1.82, 2.24) is 14.5 Å². The number of hydrogen-bond donors (Lipinski definition) is 1. The summed E-state index contributed by atoms with van der Waals surface area (Å²) >= 11 is 1.33. The zero-order valence-corrected chi connectivity index (χ0v) is 17.3. The molecule has 9 heteroatoms. The van der Waals surface area contributed by atoms with Crippen molar-refractivity contribution < 1.29 is 13.2 Å². The van der Waals surface area contributed by atoms with Crippen molar-refractivity contribution >= 4 is 32.3 Å². The Labute approximate surface area is 160 Å². The first-order valence-corrected chi connectivity index (χ1v) is 11.4. The van der Waals surface area contributed by atoms with Crippen molar-refractivity contribution in [2.45, 2.75) is 31.0 Å². The highest BCUT2D eigenvalue weighted by molar-refractivity contribution is 7.91. The van der Waals surface area contributed by atoms with Gasteiger partial charge in [0.2, 0.25) is 5.91 Å². The third kappa shape index (κ3) is 3.90. The van der Waals surface area contributed by atoms with Crippen LogP contribution in [0.5, 0.6) is 0 Å². The van der Waals surface area contributed by atoms with E-state index in [1.54, 1.807) is 10.4 Å². The highest BCUT2D eigenvalue weighted by Gasteiger charge is 2.32. The van der Waals surface area contributed by atoms with Crippen molar-refractivity contribution in [3.05, 3.63) is 12.1 Å². The average molecular weight is 401 g/mol. The molecule has 2 aliphatic rings. The summed E-state index contributed by atoms with van der Waals surface area (Å²) in [6, 6.07) is 3.57. The van der Waals surface area contributed by atoms with Gasteiger partial charge in [-0.05, 0) is 19.1 Å². The van der Waals surface area contributed by atoms with E-state index in [2.05, 4.69) is 10.2 Å². The lowest BCUT2D eigenvalue weighted by atomic mass is 10.1. The predicted molar refractivity (Wildman–Crippen MR) is 104 cm³/mol. The standard InChI is InChI=1S/C17H28N4O3S2/c1-13(2)17(22)20-10-8-19(9-11-20)15-4-5-16(25-15)26(23,24)21-7-6-18-12-14(21)3/h4-5,13-14,18H,6-12H2,1-3H3. The second-order valence-electron chi connectivity index (χ2n) is 7.23. The van der Waals surface area contributed by atoms with Crippen LogP contribution in [0.25, 0.3) is 0 Å². The fraction of sp³-hybridized carbons (Fsp3) is 0.706. The second-order valence-corrected chi connectivity index (χ2v) is 10.4. The summed E-state index contributed by atoms with van der Waals surface area (Å²) in [5.41, 5.74) is 0. The lowest BCUT2D eigenvalue weighted by Gasteiger charge is -2.36. The molecular formula is C17H28N4O3S2. The fourth-order valence-corrected chi connectivity index (χ4v) is 6.53. The molecule has 2 aliphatic heterocycles. The van der Waals surface area contributed by atoms with Gasteiger partial charge in [0.15, 0.2) is 0 Å². The van der Waals surface area contributed by atoms with Crippen LogP contribution in [0.3, 0.4) is 0 Å². The quantitative estimate of drug-likeness (QED) is 0.817. The average Bonchev–Trinajstić information content (AvgIpc) is 3.12. The molecule has 3 rings (SSSR count). The largest absolute Gasteiger partial charge is 0.360 e. The molecule has 2 fully saturated rings. The molecule has 1 amide bonds. The summed E-state index contributed by atoms with van der Waals surface area (Å²) < 4.78 is 27.9. The predicted octanol–water partition coefficient (Wildman–Crippen LogP) is 1.04. The third-order valence-electron chi connectivity index (χ3n) is 4.97. The zero-order chi connectivity index (χ0) is 18.9. The molecule has 146 valence electrons. The van der Waals surface area contributed by atoms with Crippen molar-refractivity contribution in [2.75, 3.05) is 50.7 Å². The van der Waals surface area contributed by atoms with Gasteiger partial charge in [-0.25, -0.2) is 8.42 Å². The molecule has 26 heavy (non-hydrogen) atoms. The van der Waals surface area contributed by atoms with E-state index in [9.17, 15) is 13.2 Å². The number of sulfonamides is 1. The monoisotopic (exact) mass is 400 g/mol. The van der Waals surface area contributed by atoms with Crippen molar-refractivity contribution in [2.24, 2.45) is 5.92 Å². The molecule has 1 N–H and O–H groups in total. The molecule has 1 unspecified atom stereocenters. The number of nitrogens with zero attached hydrogens (tertiary/aromatic N) is 3. The minimum Gasteiger partial charge on any atom is -0.360 e. The number of nitrogens with one attached hydrogen (secondary N) is 1. The molecule has 2 saturated heterocycles. The van der Waals surface area contributed by atoms with E-state index >= 15 is 0 Å². The Hall–Kier alpha value is -1.16. The SMILES string of the molecule is CC(C)C(=O)N1CCN(c2ccc(S(=O)(=O)N3CCNCC3C)s2)CC1. The van der Waals surface area contributed by atoms with Gasteiger partial charge in [0.05, 0.1) is 5.00 Å². The van der Waals surface area contributed by atoms with Crippen LogP contribution < -0.4 is 10.2 Å². The van der Waals surface area contributed by atoms with Gasteiger partial charge in [0.1, 0.15) is 4.21 Å². The number of carbonyl (C=O) groups excluding carboxylic acids is 1. The number of hydrogen-bond acceptors (Lipinski definition) is 6. The number of piperazine rings is 2.